The number of hydrogen-bond donors (Lipinski definition) is 1. The lowest BCUT2D eigenvalue weighted by Crippen LogP contribution is -2.27. The molecule has 0 aliphatic rings. The number of aromatic nitrogens is 6. The highest BCUT2D eigenvalue weighted by Gasteiger charge is 2.36. The van der Waals surface area contributed by atoms with Crippen molar-refractivity contribution in [2.24, 2.45) is 0 Å². The fourth-order valence-electron chi connectivity index (χ4n) is 2.89. The second-order valence-corrected chi connectivity index (χ2v) is 6.32. The standard InChI is InChI=1S/C16H12B2F4N6/c17-11-12(18)28-6-10(13-25-15(27-26-13)16(20,21)22)23-9(14(28)24-11)5-7-3-1-2-4-8(7)19/h1-4,6H,5,17-18H2,(H,25,26,27). The van der Waals surface area contributed by atoms with Crippen LogP contribution in [0.1, 0.15) is 17.1 Å². The Kier molecular flexibility index (Phi) is 4.20. The Labute approximate surface area is 157 Å². The van der Waals surface area contributed by atoms with Crippen molar-refractivity contribution in [2.45, 2.75) is 12.6 Å². The van der Waals surface area contributed by atoms with E-state index in [1.54, 1.807) is 22.6 Å². The molecule has 0 aliphatic heterocycles. The van der Waals surface area contributed by atoms with E-state index in [4.69, 9.17) is 0 Å². The second-order valence-electron chi connectivity index (χ2n) is 6.32. The fourth-order valence-corrected chi connectivity index (χ4v) is 2.89. The molecule has 3 aromatic heterocycles. The lowest BCUT2D eigenvalue weighted by molar-refractivity contribution is -0.144. The van der Waals surface area contributed by atoms with E-state index in [0.717, 1.165) is 11.2 Å². The molecule has 4 aromatic rings. The summed E-state index contributed by atoms with van der Waals surface area (Å²) < 4.78 is 54.3. The van der Waals surface area contributed by atoms with Crippen molar-refractivity contribution >= 4 is 32.5 Å². The first-order chi connectivity index (χ1) is 13.2. The van der Waals surface area contributed by atoms with Gasteiger partial charge in [-0.3, -0.25) is 5.10 Å². The molecule has 0 fully saturated rings. The van der Waals surface area contributed by atoms with Crippen LogP contribution < -0.4 is 11.2 Å². The summed E-state index contributed by atoms with van der Waals surface area (Å²) in [5.74, 6) is -1.81. The summed E-state index contributed by atoms with van der Waals surface area (Å²) >= 11 is 0. The second kappa shape index (κ2) is 6.47. The Morgan fingerprint density at radius 1 is 1.07 bits per heavy atom. The number of halogens is 4. The average Bonchev–Trinajstić information content (AvgIpc) is 3.24. The normalized spacial score (nSPS) is 12.0. The van der Waals surface area contributed by atoms with Crippen molar-refractivity contribution in [1.29, 1.82) is 0 Å². The fraction of sp³-hybridized carbons (Fsp3) is 0.125. The first-order valence-corrected chi connectivity index (χ1v) is 8.32. The van der Waals surface area contributed by atoms with E-state index in [1.165, 1.54) is 12.3 Å². The molecular weight excluding hydrogens is 374 g/mol. The Hall–Kier alpha value is -3.17. The summed E-state index contributed by atoms with van der Waals surface area (Å²) in [6.45, 7) is 0. The largest absolute Gasteiger partial charge is 0.453 e. The molecule has 0 saturated heterocycles. The van der Waals surface area contributed by atoms with Crippen LogP contribution >= 0.6 is 0 Å². The lowest BCUT2D eigenvalue weighted by atomic mass is 9.91. The molecule has 0 spiro atoms. The van der Waals surface area contributed by atoms with E-state index in [-0.39, 0.29) is 17.9 Å². The Morgan fingerprint density at radius 3 is 2.50 bits per heavy atom. The third-order valence-electron chi connectivity index (χ3n) is 4.45. The van der Waals surface area contributed by atoms with Gasteiger partial charge in [0, 0.05) is 18.2 Å². The SMILES string of the molecule is Bc1nc2c(Cc3ccccc3F)nc(-c3nc(C(F)(F)F)n[nH]3)cn2c1B. The predicted octanol–water partition coefficient (Wildman–Crippen LogP) is -0.220. The molecule has 0 radical (unpaired) electrons. The topological polar surface area (TPSA) is 71.8 Å². The summed E-state index contributed by atoms with van der Waals surface area (Å²) in [4.78, 5) is 12.4. The molecule has 4 rings (SSSR count). The zero-order valence-electron chi connectivity index (χ0n) is 14.8. The average molecular weight is 386 g/mol. The van der Waals surface area contributed by atoms with Crippen molar-refractivity contribution < 1.29 is 17.6 Å². The lowest BCUT2D eigenvalue weighted by Gasteiger charge is -2.08. The van der Waals surface area contributed by atoms with Gasteiger partial charge in [0.25, 0.3) is 5.82 Å². The number of H-pyrrole nitrogens is 1. The van der Waals surface area contributed by atoms with Crippen molar-refractivity contribution in [2.75, 3.05) is 0 Å². The van der Waals surface area contributed by atoms with Gasteiger partial charge in [-0.1, -0.05) is 18.2 Å². The van der Waals surface area contributed by atoms with Crippen LogP contribution in [0.4, 0.5) is 17.6 Å². The molecule has 0 saturated carbocycles. The zero-order chi connectivity index (χ0) is 20.1. The Morgan fingerprint density at radius 2 is 1.82 bits per heavy atom. The quantitative estimate of drug-likeness (QED) is 0.391. The molecule has 0 amide bonds. The molecule has 28 heavy (non-hydrogen) atoms. The summed E-state index contributed by atoms with van der Waals surface area (Å²) in [6.07, 6.45) is -3.01. The van der Waals surface area contributed by atoms with Gasteiger partial charge < -0.3 is 4.40 Å². The number of fused-ring (bicyclic) bond motifs is 1. The number of nitrogens with zero attached hydrogens (tertiary/aromatic N) is 5. The maximum atomic E-state index is 14.1. The van der Waals surface area contributed by atoms with Crippen molar-refractivity contribution in [3.05, 3.63) is 53.4 Å². The van der Waals surface area contributed by atoms with Crippen LogP contribution in [0.15, 0.2) is 30.5 Å². The minimum Gasteiger partial charge on any atom is -0.311 e. The molecule has 12 heteroatoms. The van der Waals surface area contributed by atoms with Crippen LogP contribution in [0.2, 0.25) is 0 Å². The maximum Gasteiger partial charge on any atom is 0.453 e. The van der Waals surface area contributed by atoms with Crippen LogP contribution in [0.25, 0.3) is 17.2 Å². The van der Waals surface area contributed by atoms with Crippen LogP contribution in [-0.2, 0) is 12.6 Å². The number of imidazole rings is 1. The smallest absolute Gasteiger partial charge is 0.311 e. The first kappa shape index (κ1) is 18.2. The predicted molar refractivity (Wildman–Crippen MR) is 98.9 cm³/mol. The van der Waals surface area contributed by atoms with Gasteiger partial charge in [-0.05, 0) is 17.2 Å². The van der Waals surface area contributed by atoms with E-state index in [1.807, 2.05) is 15.7 Å². The van der Waals surface area contributed by atoms with E-state index in [2.05, 4.69) is 25.1 Å². The molecule has 3 heterocycles. The van der Waals surface area contributed by atoms with Crippen LogP contribution in [0.5, 0.6) is 0 Å². The highest BCUT2D eigenvalue weighted by atomic mass is 19.4. The zero-order valence-corrected chi connectivity index (χ0v) is 14.8. The molecule has 0 bridgehead atoms. The number of nitrogens with one attached hydrogen (secondary N) is 1. The third-order valence-corrected chi connectivity index (χ3v) is 4.45. The van der Waals surface area contributed by atoms with Crippen LogP contribution in [-0.4, -0.2) is 45.2 Å². The highest BCUT2D eigenvalue weighted by Crippen LogP contribution is 2.27. The molecule has 1 aromatic carbocycles. The van der Waals surface area contributed by atoms with Gasteiger partial charge in [0.05, 0.1) is 5.69 Å². The first-order valence-electron chi connectivity index (χ1n) is 8.32. The summed E-state index contributed by atoms with van der Waals surface area (Å²) in [5.41, 5.74) is 3.02. The van der Waals surface area contributed by atoms with Gasteiger partial charge in [0.2, 0.25) is 0 Å². The Balaban J connectivity index is 1.88. The van der Waals surface area contributed by atoms with E-state index in [0.29, 0.717) is 16.9 Å². The van der Waals surface area contributed by atoms with Gasteiger partial charge in [-0.2, -0.15) is 13.2 Å². The van der Waals surface area contributed by atoms with E-state index in [9.17, 15) is 17.6 Å². The molecule has 6 nitrogen and oxygen atoms in total. The third kappa shape index (κ3) is 3.14. The minimum absolute atomic E-state index is 0.125. The van der Waals surface area contributed by atoms with Gasteiger partial charge >= 0.3 is 6.18 Å². The number of hydrogen-bond acceptors (Lipinski definition) is 4. The minimum atomic E-state index is -4.67. The van der Waals surface area contributed by atoms with Crippen molar-refractivity contribution in [1.82, 2.24) is 29.5 Å². The summed E-state index contributed by atoms with van der Waals surface area (Å²) in [6, 6.07) is 6.24. The van der Waals surface area contributed by atoms with Crippen LogP contribution in [0, 0.1) is 5.82 Å². The number of alkyl halides is 3. The molecule has 0 aliphatic carbocycles. The molecule has 1 N–H and O–H groups in total. The van der Waals surface area contributed by atoms with Crippen molar-refractivity contribution in [3.63, 3.8) is 0 Å². The van der Waals surface area contributed by atoms with E-state index >= 15 is 0 Å². The van der Waals surface area contributed by atoms with Crippen LogP contribution in [0.3, 0.4) is 0 Å². The van der Waals surface area contributed by atoms with Gasteiger partial charge in [0.15, 0.2) is 27.2 Å². The van der Waals surface area contributed by atoms with Gasteiger partial charge in [-0.15, -0.1) is 5.10 Å². The number of benzene rings is 1. The highest BCUT2D eigenvalue weighted by molar-refractivity contribution is 6.47. The molecule has 0 atom stereocenters. The number of aromatic amines is 1. The van der Waals surface area contributed by atoms with Crippen molar-refractivity contribution in [3.8, 4) is 11.5 Å². The summed E-state index contributed by atoms with van der Waals surface area (Å²) in [5, 5.41) is 5.48. The monoisotopic (exact) mass is 386 g/mol. The molecular formula is C16H12B2F4N6. The Bertz CT molecular complexity index is 1180. The molecule has 0 unspecified atom stereocenters. The maximum absolute atomic E-state index is 14.1. The number of rotatable bonds is 3. The van der Waals surface area contributed by atoms with E-state index < -0.39 is 17.8 Å². The van der Waals surface area contributed by atoms with Gasteiger partial charge in [-0.25, -0.2) is 19.3 Å². The van der Waals surface area contributed by atoms with Gasteiger partial charge in [0.1, 0.15) is 11.5 Å². The summed E-state index contributed by atoms with van der Waals surface area (Å²) in [7, 11) is 3.64. The molecule has 140 valence electrons.